The van der Waals surface area contributed by atoms with Crippen molar-refractivity contribution in [3.63, 3.8) is 0 Å². The molecule has 0 aromatic rings. The maximum atomic E-state index is 11.8. The van der Waals surface area contributed by atoms with Gasteiger partial charge in [-0.2, -0.15) is 0 Å². The van der Waals surface area contributed by atoms with E-state index in [1.807, 2.05) is 4.72 Å². The molecule has 1 saturated carbocycles. The van der Waals surface area contributed by atoms with E-state index in [4.69, 9.17) is 5.11 Å². The number of sulfonamides is 1. The van der Waals surface area contributed by atoms with Gasteiger partial charge in [-0.1, -0.05) is 6.42 Å². The second kappa shape index (κ2) is 5.23. The zero-order chi connectivity index (χ0) is 14.0. The Morgan fingerprint density at radius 3 is 2.33 bits per heavy atom. The van der Waals surface area contributed by atoms with Crippen LogP contribution in [0.1, 0.15) is 26.2 Å². The van der Waals surface area contributed by atoms with Crippen LogP contribution in [0.4, 0.5) is 0 Å². The van der Waals surface area contributed by atoms with Gasteiger partial charge in [-0.25, -0.2) is 13.1 Å². The van der Waals surface area contributed by atoms with E-state index in [-0.39, 0.29) is 0 Å². The van der Waals surface area contributed by atoms with Crippen molar-refractivity contribution < 1.29 is 27.9 Å². The minimum atomic E-state index is -3.83. The molecule has 0 amide bonds. The van der Waals surface area contributed by atoms with Gasteiger partial charge in [0.1, 0.15) is 6.04 Å². The highest BCUT2D eigenvalue weighted by Gasteiger charge is 2.48. The third kappa shape index (κ3) is 3.20. The number of carboxylic acids is 1. The first-order valence-corrected chi connectivity index (χ1v) is 7.19. The number of esters is 1. The first kappa shape index (κ1) is 14.9. The normalized spacial score (nSPS) is 19.7. The SMILES string of the molecule is COC(=O)C1(CS(=O)(=O)NC(C)C(=O)O)CCC1. The maximum absolute atomic E-state index is 11.8. The second-order valence-electron chi connectivity index (χ2n) is 4.56. The molecule has 0 aromatic heterocycles. The summed E-state index contributed by atoms with van der Waals surface area (Å²) in [7, 11) is -2.62. The number of carbonyl (C=O) groups is 2. The number of hydrogen-bond donors (Lipinski definition) is 2. The second-order valence-corrected chi connectivity index (χ2v) is 6.32. The highest BCUT2D eigenvalue weighted by Crippen LogP contribution is 2.42. The average molecular weight is 279 g/mol. The number of hydrogen-bond acceptors (Lipinski definition) is 5. The van der Waals surface area contributed by atoms with Gasteiger partial charge in [0.05, 0.1) is 18.3 Å². The fourth-order valence-electron chi connectivity index (χ4n) is 1.95. The summed E-state index contributed by atoms with van der Waals surface area (Å²) in [6, 6.07) is -1.22. The van der Waals surface area contributed by atoms with Gasteiger partial charge in [0.2, 0.25) is 10.0 Å². The first-order chi connectivity index (χ1) is 8.22. The third-order valence-electron chi connectivity index (χ3n) is 3.12. The van der Waals surface area contributed by atoms with Gasteiger partial charge in [-0.15, -0.1) is 0 Å². The molecular formula is C10H17NO6S. The molecule has 1 aliphatic carbocycles. The number of ether oxygens (including phenoxy) is 1. The van der Waals surface area contributed by atoms with Gasteiger partial charge in [-0.05, 0) is 19.8 Å². The van der Waals surface area contributed by atoms with Crippen molar-refractivity contribution in [2.45, 2.75) is 32.2 Å². The molecule has 0 heterocycles. The first-order valence-electron chi connectivity index (χ1n) is 5.54. The van der Waals surface area contributed by atoms with E-state index in [2.05, 4.69) is 4.74 Å². The zero-order valence-corrected chi connectivity index (χ0v) is 11.1. The Labute approximate surface area is 106 Å². The van der Waals surface area contributed by atoms with Crippen LogP contribution < -0.4 is 4.72 Å². The number of aliphatic carboxylic acids is 1. The van der Waals surface area contributed by atoms with E-state index < -0.39 is 39.2 Å². The monoisotopic (exact) mass is 279 g/mol. The van der Waals surface area contributed by atoms with E-state index in [1.54, 1.807) is 0 Å². The fourth-order valence-corrected chi connectivity index (χ4v) is 3.81. The molecule has 0 aliphatic heterocycles. The lowest BCUT2D eigenvalue weighted by Crippen LogP contribution is -2.49. The van der Waals surface area contributed by atoms with Crippen molar-refractivity contribution in [1.29, 1.82) is 0 Å². The summed E-state index contributed by atoms with van der Waals surface area (Å²) < 4.78 is 30.2. The minimum Gasteiger partial charge on any atom is -0.480 e. The lowest BCUT2D eigenvalue weighted by atomic mass is 9.70. The van der Waals surface area contributed by atoms with Gasteiger partial charge in [0.15, 0.2) is 0 Å². The summed E-state index contributed by atoms with van der Waals surface area (Å²) in [5.74, 6) is -2.24. The Morgan fingerprint density at radius 1 is 1.44 bits per heavy atom. The Morgan fingerprint density at radius 2 is 2.00 bits per heavy atom. The number of carboxylic acid groups (broad SMARTS) is 1. The Balaban J connectivity index is 2.76. The number of rotatable bonds is 6. The van der Waals surface area contributed by atoms with E-state index in [1.165, 1.54) is 14.0 Å². The van der Waals surface area contributed by atoms with E-state index >= 15 is 0 Å². The third-order valence-corrected chi connectivity index (χ3v) is 4.77. The highest BCUT2D eigenvalue weighted by molar-refractivity contribution is 7.89. The summed E-state index contributed by atoms with van der Waals surface area (Å²) in [5.41, 5.74) is -1.02. The molecule has 7 nitrogen and oxygen atoms in total. The molecule has 0 spiro atoms. The van der Waals surface area contributed by atoms with Gasteiger partial charge in [-0.3, -0.25) is 9.59 Å². The molecule has 0 bridgehead atoms. The van der Waals surface area contributed by atoms with E-state index in [0.717, 1.165) is 6.42 Å². The van der Waals surface area contributed by atoms with Crippen molar-refractivity contribution in [2.24, 2.45) is 5.41 Å². The smallest absolute Gasteiger partial charge is 0.321 e. The van der Waals surface area contributed by atoms with Crippen LogP contribution in [0.15, 0.2) is 0 Å². The van der Waals surface area contributed by atoms with Crippen LogP contribution in [0.3, 0.4) is 0 Å². The molecule has 8 heteroatoms. The van der Waals surface area contributed by atoms with Gasteiger partial charge in [0.25, 0.3) is 0 Å². The predicted molar refractivity (Wildman–Crippen MR) is 62.3 cm³/mol. The standard InChI is InChI=1S/C10H17NO6S/c1-7(8(12)13)11-18(15,16)6-10(4-3-5-10)9(14)17-2/h7,11H,3-6H2,1-2H3,(H,12,13). The number of carbonyl (C=O) groups excluding carboxylic acids is 1. The molecule has 1 rings (SSSR count). The fraction of sp³-hybridized carbons (Fsp3) is 0.800. The van der Waals surface area contributed by atoms with Gasteiger partial charge < -0.3 is 9.84 Å². The van der Waals surface area contributed by atoms with Crippen LogP contribution in [-0.2, 0) is 24.3 Å². The predicted octanol–water partition coefficient (Wildman–Crippen LogP) is -0.278. The Hall–Kier alpha value is -1.15. The number of methoxy groups -OCH3 is 1. The molecule has 1 aliphatic rings. The molecule has 104 valence electrons. The van der Waals surface area contributed by atoms with Crippen molar-refractivity contribution in [3.05, 3.63) is 0 Å². The van der Waals surface area contributed by atoms with Crippen molar-refractivity contribution in [3.8, 4) is 0 Å². The molecule has 1 atom stereocenters. The summed E-state index contributed by atoms with van der Waals surface area (Å²) in [4.78, 5) is 22.2. The summed E-state index contributed by atoms with van der Waals surface area (Å²) in [6.45, 7) is 1.23. The van der Waals surface area contributed by atoms with Crippen molar-refractivity contribution in [1.82, 2.24) is 4.72 Å². The topological polar surface area (TPSA) is 110 Å². The van der Waals surface area contributed by atoms with Crippen LogP contribution in [0.5, 0.6) is 0 Å². The zero-order valence-electron chi connectivity index (χ0n) is 10.3. The molecule has 0 radical (unpaired) electrons. The van der Waals surface area contributed by atoms with Crippen LogP contribution in [0.2, 0.25) is 0 Å². The molecule has 18 heavy (non-hydrogen) atoms. The number of nitrogens with one attached hydrogen (secondary N) is 1. The molecule has 0 aromatic carbocycles. The van der Waals surface area contributed by atoms with Crippen LogP contribution in [0.25, 0.3) is 0 Å². The molecular weight excluding hydrogens is 262 g/mol. The Kier molecular flexibility index (Phi) is 4.33. The van der Waals surface area contributed by atoms with Crippen LogP contribution >= 0.6 is 0 Å². The molecule has 2 N–H and O–H groups in total. The Bertz CT molecular complexity index is 439. The quantitative estimate of drug-likeness (QED) is 0.647. The minimum absolute atomic E-state index is 0.426. The van der Waals surface area contributed by atoms with Crippen molar-refractivity contribution >= 4 is 22.0 Å². The largest absolute Gasteiger partial charge is 0.480 e. The van der Waals surface area contributed by atoms with Crippen molar-refractivity contribution in [2.75, 3.05) is 12.9 Å². The lowest BCUT2D eigenvalue weighted by Gasteiger charge is -2.38. The molecule has 0 saturated heterocycles. The van der Waals surface area contributed by atoms with Gasteiger partial charge >= 0.3 is 11.9 Å². The van der Waals surface area contributed by atoms with E-state index in [9.17, 15) is 18.0 Å². The molecule has 1 unspecified atom stereocenters. The summed E-state index contributed by atoms with van der Waals surface area (Å²) >= 11 is 0. The average Bonchev–Trinajstić information content (AvgIpc) is 2.21. The highest BCUT2D eigenvalue weighted by atomic mass is 32.2. The maximum Gasteiger partial charge on any atom is 0.321 e. The van der Waals surface area contributed by atoms with Crippen LogP contribution in [0, 0.1) is 5.41 Å². The lowest BCUT2D eigenvalue weighted by molar-refractivity contribution is -0.156. The summed E-state index contributed by atoms with van der Waals surface area (Å²) in [5, 5.41) is 8.65. The van der Waals surface area contributed by atoms with Gasteiger partial charge in [0, 0.05) is 0 Å². The van der Waals surface area contributed by atoms with E-state index in [0.29, 0.717) is 12.8 Å². The van der Waals surface area contributed by atoms with Crippen LogP contribution in [-0.4, -0.2) is 44.4 Å². The molecule has 1 fully saturated rings. The summed E-state index contributed by atoms with van der Waals surface area (Å²) in [6.07, 6.45) is 1.66.